The van der Waals surface area contributed by atoms with Gasteiger partial charge in [-0.3, -0.25) is 4.79 Å². The number of phenols is 1. The molecule has 3 aromatic rings. The number of benzene rings is 2. The lowest BCUT2D eigenvalue weighted by Crippen LogP contribution is -2.60. The molecule has 0 saturated carbocycles. The highest BCUT2D eigenvalue weighted by Gasteiger charge is 2.44. The molecule has 12 heteroatoms. The van der Waals surface area contributed by atoms with Crippen LogP contribution in [0.15, 0.2) is 39.5 Å². The van der Waals surface area contributed by atoms with Gasteiger partial charge in [-0.1, -0.05) is 0 Å². The van der Waals surface area contributed by atoms with Crippen molar-refractivity contribution in [1.29, 1.82) is 0 Å². The van der Waals surface area contributed by atoms with E-state index >= 15 is 0 Å². The number of rotatable bonds is 6. The molecule has 0 aliphatic carbocycles. The Labute approximate surface area is 197 Å². The SMILES string of the molecule is COc1ccc(-c2oc3cc(OC4OC(CO)C(O)C(O)C4O)cc(O)c3c(=O)c2O)cc1OC. The van der Waals surface area contributed by atoms with E-state index in [0.717, 1.165) is 6.07 Å². The van der Waals surface area contributed by atoms with Crippen molar-refractivity contribution in [3.05, 3.63) is 40.6 Å². The molecule has 5 atom stereocenters. The molecule has 35 heavy (non-hydrogen) atoms. The minimum atomic E-state index is -1.69. The van der Waals surface area contributed by atoms with Crippen LogP contribution < -0.4 is 19.6 Å². The molecule has 188 valence electrons. The van der Waals surface area contributed by atoms with Crippen LogP contribution in [0.2, 0.25) is 0 Å². The number of hydrogen-bond donors (Lipinski definition) is 6. The van der Waals surface area contributed by atoms with Crippen LogP contribution in [0.25, 0.3) is 22.3 Å². The van der Waals surface area contributed by atoms with Crippen LogP contribution in [-0.4, -0.2) is 82.2 Å². The molecular formula is C23H24O12. The second kappa shape index (κ2) is 9.60. The fraction of sp³-hybridized carbons (Fsp3) is 0.348. The predicted octanol–water partition coefficient (Wildman–Crippen LogP) is 0.0671. The summed E-state index contributed by atoms with van der Waals surface area (Å²) >= 11 is 0. The summed E-state index contributed by atoms with van der Waals surface area (Å²) < 4.78 is 27.0. The first kappa shape index (κ1) is 24.6. The fourth-order valence-corrected chi connectivity index (χ4v) is 3.80. The highest BCUT2D eigenvalue weighted by Crippen LogP contribution is 2.39. The summed E-state index contributed by atoms with van der Waals surface area (Å²) in [7, 11) is 2.86. The first-order valence-electron chi connectivity index (χ1n) is 10.4. The Morgan fingerprint density at radius 2 is 1.66 bits per heavy atom. The average molecular weight is 492 g/mol. The van der Waals surface area contributed by atoms with Gasteiger partial charge in [0.15, 0.2) is 17.3 Å². The first-order valence-corrected chi connectivity index (χ1v) is 10.4. The number of ether oxygens (including phenoxy) is 4. The smallest absolute Gasteiger partial charge is 0.238 e. The van der Waals surface area contributed by atoms with E-state index in [1.165, 1.54) is 32.4 Å². The summed E-state index contributed by atoms with van der Waals surface area (Å²) in [4.78, 5) is 12.8. The van der Waals surface area contributed by atoms with Gasteiger partial charge in [0.2, 0.25) is 17.5 Å². The topological polar surface area (TPSA) is 189 Å². The Balaban J connectivity index is 1.77. The van der Waals surface area contributed by atoms with E-state index in [9.17, 15) is 35.4 Å². The van der Waals surface area contributed by atoms with Gasteiger partial charge in [-0.05, 0) is 18.2 Å². The molecular weight excluding hydrogens is 468 g/mol. The Morgan fingerprint density at radius 3 is 2.31 bits per heavy atom. The van der Waals surface area contributed by atoms with Crippen LogP contribution in [0.3, 0.4) is 0 Å². The number of hydrogen-bond acceptors (Lipinski definition) is 12. The molecule has 0 bridgehead atoms. The maximum absolute atomic E-state index is 12.8. The molecule has 1 aliphatic heterocycles. The van der Waals surface area contributed by atoms with Crippen molar-refractivity contribution in [2.75, 3.05) is 20.8 Å². The third kappa shape index (κ3) is 4.33. The molecule has 1 saturated heterocycles. The van der Waals surface area contributed by atoms with Gasteiger partial charge in [-0.15, -0.1) is 0 Å². The lowest BCUT2D eigenvalue weighted by molar-refractivity contribution is -0.277. The Kier molecular flexibility index (Phi) is 6.74. The zero-order chi connectivity index (χ0) is 25.4. The lowest BCUT2D eigenvalue weighted by Gasteiger charge is -2.39. The summed E-state index contributed by atoms with van der Waals surface area (Å²) in [5.41, 5.74) is -0.802. The zero-order valence-electron chi connectivity index (χ0n) is 18.6. The summed E-state index contributed by atoms with van der Waals surface area (Å²) in [6, 6.07) is 6.79. The second-order valence-corrected chi connectivity index (χ2v) is 7.81. The average Bonchev–Trinajstić information content (AvgIpc) is 2.85. The number of aliphatic hydroxyl groups excluding tert-OH is 4. The third-order valence-corrected chi connectivity index (χ3v) is 5.67. The molecule has 0 spiro atoms. The fourth-order valence-electron chi connectivity index (χ4n) is 3.80. The van der Waals surface area contributed by atoms with Gasteiger partial charge in [0.25, 0.3) is 0 Å². The quantitative estimate of drug-likeness (QED) is 0.272. The Hall–Kier alpha value is -3.55. The van der Waals surface area contributed by atoms with Crippen molar-refractivity contribution >= 4 is 11.0 Å². The maximum Gasteiger partial charge on any atom is 0.238 e. The monoisotopic (exact) mass is 492 g/mol. The highest BCUT2D eigenvalue weighted by molar-refractivity contribution is 5.88. The van der Waals surface area contributed by atoms with Gasteiger partial charge in [-0.25, -0.2) is 0 Å². The Bertz CT molecular complexity index is 1280. The number of fused-ring (bicyclic) bond motifs is 1. The highest BCUT2D eigenvalue weighted by atomic mass is 16.7. The molecule has 0 radical (unpaired) electrons. The third-order valence-electron chi connectivity index (χ3n) is 5.67. The number of aromatic hydroxyl groups is 2. The molecule has 1 aromatic heterocycles. The summed E-state index contributed by atoms with van der Waals surface area (Å²) in [6.07, 6.45) is -7.69. The van der Waals surface area contributed by atoms with Crippen molar-refractivity contribution in [2.24, 2.45) is 0 Å². The summed E-state index contributed by atoms with van der Waals surface area (Å²) in [5.74, 6) is -0.965. The van der Waals surface area contributed by atoms with Crippen molar-refractivity contribution in [1.82, 2.24) is 0 Å². The molecule has 12 nitrogen and oxygen atoms in total. The van der Waals surface area contributed by atoms with Gasteiger partial charge in [0.05, 0.1) is 20.8 Å². The number of aliphatic hydroxyl groups is 4. The van der Waals surface area contributed by atoms with E-state index in [0.29, 0.717) is 11.5 Å². The van der Waals surface area contributed by atoms with Crippen molar-refractivity contribution in [3.63, 3.8) is 0 Å². The van der Waals surface area contributed by atoms with Gasteiger partial charge in [0, 0.05) is 17.7 Å². The van der Waals surface area contributed by atoms with Gasteiger partial charge in [-0.2, -0.15) is 0 Å². The van der Waals surface area contributed by atoms with Crippen LogP contribution in [0, 0.1) is 0 Å². The van der Waals surface area contributed by atoms with Crippen LogP contribution >= 0.6 is 0 Å². The van der Waals surface area contributed by atoms with Crippen molar-refractivity contribution < 1.29 is 54.0 Å². The summed E-state index contributed by atoms with van der Waals surface area (Å²) in [5, 5.41) is 60.0. The molecule has 2 heterocycles. The lowest BCUT2D eigenvalue weighted by atomic mass is 9.99. The van der Waals surface area contributed by atoms with Crippen molar-refractivity contribution in [3.8, 4) is 40.1 Å². The van der Waals surface area contributed by atoms with Crippen LogP contribution in [-0.2, 0) is 4.74 Å². The van der Waals surface area contributed by atoms with E-state index < -0.39 is 54.2 Å². The van der Waals surface area contributed by atoms with E-state index in [1.807, 2.05) is 0 Å². The van der Waals surface area contributed by atoms with Gasteiger partial charge < -0.3 is 54.0 Å². The molecule has 5 unspecified atom stereocenters. The molecule has 2 aromatic carbocycles. The van der Waals surface area contributed by atoms with E-state index in [-0.39, 0.29) is 28.0 Å². The molecule has 6 N–H and O–H groups in total. The van der Waals surface area contributed by atoms with Crippen molar-refractivity contribution in [2.45, 2.75) is 30.7 Å². The van der Waals surface area contributed by atoms with Gasteiger partial charge >= 0.3 is 0 Å². The van der Waals surface area contributed by atoms with E-state index in [4.69, 9.17) is 23.4 Å². The maximum atomic E-state index is 12.8. The van der Waals surface area contributed by atoms with Crippen LogP contribution in [0.4, 0.5) is 0 Å². The molecule has 0 amide bonds. The number of methoxy groups -OCH3 is 2. The molecule has 1 fully saturated rings. The normalized spacial score (nSPS) is 24.3. The second-order valence-electron chi connectivity index (χ2n) is 7.81. The largest absolute Gasteiger partial charge is 0.507 e. The minimum absolute atomic E-state index is 0.133. The molecule has 1 aliphatic rings. The zero-order valence-corrected chi connectivity index (χ0v) is 18.6. The van der Waals surface area contributed by atoms with E-state index in [1.54, 1.807) is 6.07 Å². The van der Waals surface area contributed by atoms with E-state index in [2.05, 4.69) is 0 Å². The molecule has 4 rings (SSSR count). The van der Waals surface area contributed by atoms with Crippen LogP contribution in [0.5, 0.6) is 28.7 Å². The number of phenolic OH excluding ortho intramolecular Hbond substituents is 1. The predicted molar refractivity (Wildman–Crippen MR) is 119 cm³/mol. The minimum Gasteiger partial charge on any atom is -0.507 e. The van der Waals surface area contributed by atoms with Gasteiger partial charge in [0.1, 0.15) is 46.9 Å². The Morgan fingerprint density at radius 1 is 0.943 bits per heavy atom. The van der Waals surface area contributed by atoms with Crippen LogP contribution in [0.1, 0.15) is 0 Å². The first-order chi connectivity index (χ1) is 16.7. The summed E-state index contributed by atoms with van der Waals surface area (Å²) in [6.45, 7) is -0.656. The standard InChI is InChI=1S/C23H24O12/c1-31-12-4-3-9(5-13(12)32-2)22-20(29)18(27)16-11(25)6-10(7-14(16)34-22)33-23-21(30)19(28)17(26)15(8-24)35-23/h3-7,15,17,19,21,23-26,28-30H,8H2,1-2H3.